The van der Waals surface area contributed by atoms with Crippen molar-refractivity contribution in [2.24, 2.45) is 0 Å². The molecular formula is C20H19BrN4O3S. The number of nitrogens with one attached hydrogen (secondary N) is 1. The molecule has 9 heteroatoms. The van der Waals surface area contributed by atoms with E-state index in [0.29, 0.717) is 17.2 Å². The molecule has 0 saturated carbocycles. The van der Waals surface area contributed by atoms with Crippen LogP contribution < -0.4 is 5.32 Å². The summed E-state index contributed by atoms with van der Waals surface area (Å²) in [6, 6.07) is 17.4. The van der Waals surface area contributed by atoms with Crippen LogP contribution in [-0.2, 0) is 10.1 Å². The molecule has 150 valence electrons. The molecule has 0 amide bonds. The standard InChI is InChI=1S/C18H13BrN4O3S.C2H6/c19-15-11-20-23-17(21-13-6-8-14(9-7-13)27(24,25)26)10-16(22-18(15)23)12-4-2-1-3-5-12;1-2/h1-11,21H,(H,24,25,26);1-2H3. The van der Waals surface area contributed by atoms with Crippen molar-refractivity contribution in [2.75, 3.05) is 5.32 Å². The van der Waals surface area contributed by atoms with Gasteiger partial charge in [0.1, 0.15) is 5.82 Å². The van der Waals surface area contributed by atoms with Gasteiger partial charge in [-0.3, -0.25) is 4.55 Å². The molecular weight excluding hydrogens is 456 g/mol. The summed E-state index contributed by atoms with van der Waals surface area (Å²) < 4.78 is 33.9. The van der Waals surface area contributed by atoms with Crippen LogP contribution in [0.25, 0.3) is 16.9 Å². The zero-order chi connectivity index (χ0) is 21.0. The van der Waals surface area contributed by atoms with Gasteiger partial charge >= 0.3 is 0 Å². The summed E-state index contributed by atoms with van der Waals surface area (Å²) in [5.74, 6) is 0.657. The predicted octanol–water partition coefficient (Wildman–Crippen LogP) is 5.18. The van der Waals surface area contributed by atoms with Crippen LogP contribution in [0.5, 0.6) is 0 Å². The van der Waals surface area contributed by atoms with Crippen LogP contribution in [0.15, 0.2) is 76.2 Å². The second kappa shape index (κ2) is 8.73. The van der Waals surface area contributed by atoms with Crippen molar-refractivity contribution in [2.45, 2.75) is 18.7 Å². The molecule has 0 unspecified atom stereocenters. The quantitative estimate of drug-likeness (QED) is 0.395. The zero-order valence-electron chi connectivity index (χ0n) is 15.7. The third-order valence-corrected chi connectivity index (χ3v) is 5.35. The first-order valence-corrected chi connectivity index (χ1v) is 11.1. The third kappa shape index (κ3) is 4.64. The van der Waals surface area contributed by atoms with E-state index in [1.54, 1.807) is 22.8 Å². The van der Waals surface area contributed by atoms with Crippen LogP contribution in [-0.4, -0.2) is 27.6 Å². The van der Waals surface area contributed by atoms with Gasteiger partial charge in [-0.25, -0.2) is 4.98 Å². The fourth-order valence-corrected chi connectivity index (χ4v) is 3.47. The molecule has 4 rings (SSSR count). The van der Waals surface area contributed by atoms with Crippen molar-refractivity contribution in [1.82, 2.24) is 14.6 Å². The third-order valence-electron chi connectivity index (χ3n) is 3.92. The molecule has 2 aromatic carbocycles. The van der Waals surface area contributed by atoms with Crippen molar-refractivity contribution in [1.29, 1.82) is 0 Å². The lowest BCUT2D eigenvalue weighted by Gasteiger charge is -2.11. The van der Waals surface area contributed by atoms with Crippen molar-refractivity contribution in [3.63, 3.8) is 0 Å². The Labute approximate surface area is 177 Å². The first-order chi connectivity index (χ1) is 13.9. The number of nitrogens with zero attached hydrogens (tertiary/aromatic N) is 3. The Morgan fingerprint density at radius 2 is 1.69 bits per heavy atom. The molecule has 7 nitrogen and oxygen atoms in total. The largest absolute Gasteiger partial charge is 0.340 e. The molecule has 0 aliphatic heterocycles. The number of benzene rings is 2. The van der Waals surface area contributed by atoms with E-state index in [2.05, 4.69) is 31.3 Å². The maximum Gasteiger partial charge on any atom is 0.294 e. The van der Waals surface area contributed by atoms with Crippen molar-refractivity contribution >= 4 is 43.2 Å². The molecule has 0 bridgehead atoms. The smallest absolute Gasteiger partial charge is 0.294 e. The lowest BCUT2D eigenvalue weighted by molar-refractivity contribution is 0.483. The van der Waals surface area contributed by atoms with E-state index in [-0.39, 0.29) is 4.90 Å². The predicted molar refractivity (Wildman–Crippen MR) is 117 cm³/mol. The summed E-state index contributed by atoms with van der Waals surface area (Å²) in [6.45, 7) is 4.00. The summed E-state index contributed by atoms with van der Waals surface area (Å²) in [4.78, 5) is 4.49. The Morgan fingerprint density at radius 1 is 1.03 bits per heavy atom. The zero-order valence-corrected chi connectivity index (χ0v) is 18.1. The Morgan fingerprint density at radius 3 is 2.31 bits per heavy atom. The van der Waals surface area contributed by atoms with Gasteiger partial charge in [0.15, 0.2) is 5.65 Å². The first-order valence-electron chi connectivity index (χ1n) is 8.86. The van der Waals surface area contributed by atoms with Crippen LogP contribution in [0.4, 0.5) is 11.5 Å². The number of rotatable bonds is 4. The minimum Gasteiger partial charge on any atom is -0.340 e. The summed E-state index contributed by atoms with van der Waals surface area (Å²) in [6.07, 6.45) is 1.66. The average Bonchev–Trinajstić information content (AvgIpc) is 3.11. The number of hydrogen-bond donors (Lipinski definition) is 2. The van der Waals surface area contributed by atoms with Crippen LogP contribution in [0.1, 0.15) is 13.8 Å². The highest BCUT2D eigenvalue weighted by atomic mass is 79.9. The lowest BCUT2D eigenvalue weighted by atomic mass is 10.1. The van der Waals surface area contributed by atoms with Crippen LogP contribution >= 0.6 is 15.9 Å². The maximum absolute atomic E-state index is 11.2. The summed E-state index contributed by atoms with van der Waals surface area (Å²) in [7, 11) is -4.23. The van der Waals surface area contributed by atoms with Gasteiger partial charge in [-0.05, 0) is 40.2 Å². The normalized spacial score (nSPS) is 11.0. The molecule has 2 N–H and O–H groups in total. The van der Waals surface area contributed by atoms with Gasteiger partial charge in [-0.1, -0.05) is 44.2 Å². The SMILES string of the molecule is CC.O=S(=O)(O)c1ccc(Nc2cc(-c3ccccc3)nc3c(Br)cnn23)cc1. The summed E-state index contributed by atoms with van der Waals surface area (Å²) >= 11 is 3.46. The molecule has 0 fully saturated rings. The Balaban J connectivity index is 0.00000117. The molecule has 0 spiro atoms. The minimum absolute atomic E-state index is 0.167. The average molecular weight is 475 g/mol. The second-order valence-corrected chi connectivity index (χ2v) is 8.02. The van der Waals surface area contributed by atoms with Crippen molar-refractivity contribution < 1.29 is 13.0 Å². The van der Waals surface area contributed by atoms with Gasteiger partial charge < -0.3 is 5.32 Å². The number of aromatic nitrogens is 3. The van der Waals surface area contributed by atoms with Crippen LogP contribution in [0.3, 0.4) is 0 Å². The van der Waals surface area contributed by atoms with E-state index in [1.165, 1.54) is 12.1 Å². The molecule has 0 aliphatic carbocycles. The van der Waals surface area contributed by atoms with Gasteiger partial charge in [-0.15, -0.1) is 0 Å². The molecule has 0 aliphatic rings. The highest BCUT2D eigenvalue weighted by molar-refractivity contribution is 9.10. The van der Waals surface area contributed by atoms with E-state index in [1.807, 2.05) is 50.2 Å². The molecule has 0 radical (unpaired) electrons. The molecule has 0 saturated heterocycles. The molecule has 4 aromatic rings. The van der Waals surface area contributed by atoms with Gasteiger partial charge in [0, 0.05) is 17.3 Å². The van der Waals surface area contributed by atoms with E-state index in [0.717, 1.165) is 15.7 Å². The van der Waals surface area contributed by atoms with Gasteiger partial charge in [0.25, 0.3) is 10.1 Å². The molecule has 29 heavy (non-hydrogen) atoms. The van der Waals surface area contributed by atoms with Gasteiger partial charge in [-0.2, -0.15) is 18.0 Å². The molecule has 2 heterocycles. The fourth-order valence-electron chi connectivity index (χ4n) is 2.64. The second-order valence-electron chi connectivity index (χ2n) is 5.75. The number of hydrogen-bond acceptors (Lipinski definition) is 5. The Bertz CT molecular complexity index is 1220. The number of fused-ring (bicyclic) bond motifs is 1. The minimum atomic E-state index is -4.23. The number of anilines is 2. The Hall–Kier alpha value is -2.75. The van der Waals surface area contributed by atoms with E-state index in [4.69, 9.17) is 4.55 Å². The number of halogens is 1. The maximum atomic E-state index is 11.2. The van der Waals surface area contributed by atoms with Crippen LogP contribution in [0, 0.1) is 0 Å². The van der Waals surface area contributed by atoms with E-state index >= 15 is 0 Å². The highest BCUT2D eigenvalue weighted by Crippen LogP contribution is 2.27. The molecule has 0 atom stereocenters. The van der Waals surface area contributed by atoms with Crippen LogP contribution in [0.2, 0.25) is 0 Å². The van der Waals surface area contributed by atoms with Crippen molar-refractivity contribution in [3.05, 3.63) is 71.3 Å². The fraction of sp³-hybridized carbons (Fsp3) is 0.100. The topological polar surface area (TPSA) is 96.6 Å². The van der Waals surface area contributed by atoms with Gasteiger partial charge in [0.05, 0.1) is 21.3 Å². The van der Waals surface area contributed by atoms with E-state index < -0.39 is 10.1 Å². The first kappa shape index (κ1) is 21.0. The highest BCUT2D eigenvalue weighted by Gasteiger charge is 2.13. The molecule has 2 aromatic heterocycles. The lowest BCUT2D eigenvalue weighted by Crippen LogP contribution is -2.03. The van der Waals surface area contributed by atoms with E-state index in [9.17, 15) is 8.42 Å². The van der Waals surface area contributed by atoms with Gasteiger partial charge in [0.2, 0.25) is 0 Å². The summed E-state index contributed by atoms with van der Waals surface area (Å²) in [5.41, 5.74) is 3.01. The Kier molecular flexibility index (Phi) is 6.31. The monoisotopic (exact) mass is 474 g/mol. The van der Waals surface area contributed by atoms with Crippen molar-refractivity contribution in [3.8, 4) is 11.3 Å². The summed E-state index contributed by atoms with van der Waals surface area (Å²) in [5, 5.41) is 7.53.